The molecule has 0 spiro atoms. The van der Waals surface area contributed by atoms with Crippen LogP contribution in [0.15, 0.2) is 36.4 Å². The third-order valence-corrected chi connectivity index (χ3v) is 5.73. The van der Waals surface area contributed by atoms with E-state index in [1.165, 1.54) is 43.2 Å². The molecular formula is C20H27Cl2Zr-. The molecule has 3 rings (SSSR count). The van der Waals surface area contributed by atoms with Gasteiger partial charge in [0.05, 0.1) is 0 Å². The first kappa shape index (κ1) is 23.2. The minimum atomic E-state index is 0. The van der Waals surface area contributed by atoms with Gasteiger partial charge in [-0.25, -0.2) is 6.07 Å². The molecule has 1 aromatic rings. The van der Waals surface area contributed by atoms with Crippen LogP contribution in [-0.2, 0) is 37.1 Å². The molecule has 0 nitrogen and oxygen atoms in total. The van der Waals surface area contributed by atoms with Crippen LogP contribution < -0.4 is 24.8 Å². The molecule has 0 atom stereocenters. The Bertz CT molecular complexity index is 506. The van der Waals surface area contributed by atoms with Crippen molar-refractivity contribution in [1.29, 1.82) is 0 Å². The number of rotatable bonds is 3. The molecule has 23 heavy (non-hydrogen) atoms. The predicted molar refractivity (Wildman–Crippen MR) is 89.9 cm³/mol. The summed E-state index contributed by atoms with van der Waals surface area (Å²) in [6, 6.07) is 4.58. The molecule has 0 saturated heterocycles. The summed E-state index contributed by atoms with van der Waals surface area (Å²) < 4.78 is 1.80. The minimum absolute atomic E-state index is 0. The van der Waals surface area contributed by atoms with Gasteiger partial charge in [0, 0.05) is 0 Å². The Morgan fingerprint density at radius 2 is 1.65 bits per heavy atom. The van der Waals surface area contributed by atoms with E-state index < -0.39 is 0 Å². The van der Waals surface area contributed by atoms with Crippen molar-refractivity contribution in [1.82, 2.24) is 0 Å². The van der Waals surface area contributed by atoms with Gasteiger partial charge in [-0.15, -0.1) is 0 Å². The molecule has 2 aliphatic carbocycles. The van der Waals surface area contributed by atoms with Crippen molar-refractivity contribution < 1.29 is 49.0 Å². The molecule has 1 fully saturated rings. The molecule has 0 N–H and O–H groups in total. The van der Waals surface area contributed by atoms with Crippen molar-refractivity contribution in [3.05, 3.63) is 53.1 Å². The van der Waals surface area contributed by atoms with Crippen LogP contribution >= 0.6 is 0 Å². The number of aryl methyl sites for hydroxylation is 1. The van der Waals surface area contributed by atoms with Gasteiger partial charge in [-0.3, -0.25) is 0 Å². The molecule has 1 saturated carbocycles. The van der Waals surface area contributed by atoms with Crippen LogP contribution in [0.1, 0.15) is 68.6 Å². The van der Waals surface area contributed by atoms with Gasteiger partial charge in [-0.2, -0.15) is 22.8 Å². The standard InChI is InChI=1S/C14H17.C6H10.2ClH.Zr/c1-3-11-9-10-14(13(11)4-2)12-7-5-6-8-12;1-2-4-6-5-3-1;;;/h5-10,12H,3-4H2,1-2H3;1-5H2;2*1H;/q-1;;;;+2/p-2. The number of hydrogen-bond acceptors (Lipinski definition) is 0. The zero-order valence-corrected chi connectivity index (χ0v) is 18.2. The molecule has 0 radical (unpaired) electrons. The Labute approximate surface area is 169 Å². The monoisotopic (exact) mass is 427 g/mol. The molecule has 0 bridgehead atoms. The van der Waals surface area contributed by atoms with Gasteiger partial charge in [0.25, 0.3) is 0 Å². The summed E-state index contributed by atoms with van der Waals surface area (Å²) in [6.07, 6.45) is 18.5. The van der Waals surface area contributed by atoms with Crippen molar-refractivity contribution in [3.8, 4) is 0 Å². The Morgan fingerprint density at radius 3 is 2.09 bits per heavy atom. The van der Waals surface area contributed by atoms with Gasteiger partial charge in [0.15, 0.2) is 0 Å². The fourth-order valence-electron chi connectivity index (χ4n) is 3.27. The average Bonchev–Trinajstić information content (AvgIpc) is 3.17. The van der Waals surface area contributed by atoms with Crippen molar-refractivity contribution in [2.75, 3.05) is 0 Å². The van der Waals surface area contributed by atoms with E-state index in [1.807, 2.05) is 0 Å². The SMILES string of the molecule is CCc1c(C2C=CC=C2)cc[c-]1CC.[Cl-].[Cl-].[Zr+2]=[C]1CCCCC1. The summed E-state index contributed by atoms with van der Waals surface area (Å²) in [5, 5.41) is 0. The maximum atomic E-state index is 2.29. The first-order chi connectivity index (χ1) is 10.3. The fraction of sp³-hybridized carbons (Fsp3) is 0.500. The van der Waals surface area contributed by atoms with E-state index in [0.717, 1.165) is 12.8 Å². The summed E-state index contributed by atoms with van der Waals surface area (Å²) in [5.41, 5.74) is 4.60. The topological polar surface area (TPSA) is 0 Å². The number of halogens is 2. The van der Waals surface area contributed by atoms with Crippen LogP contribution in [0, 0.1) is 0 Å². The van der Waals surface area contributed by atoms with E-state index >= 15 is 0 Å². The van der Waals surface area contributed by atoms with Crippen molar-refractivity contribution >= 4 is 3.21 Å². The molecule has 0 aromatic heterocycles. The number of hydrogen-bond donors (Lipinski definition) is 0. The first-order valence-electron chi connectivity index (χ1n) is 8.44. The van der Waals surface area contributed by atoms with Gasteiger partial charge < -0.3 is 24.8 Å². The maximum absolute atomic E-state index is 2.29. The van der Waals surface area contributed by atoms with Crippen LogP contribution in [0.4, 0.5) is 0 Å². The predicted octanol–water partition coefficient (Wildman–Crippen LogP) is -0.582. The molecule has 126 valence electrons. The summed E-state index contributed by atoms with van der Waals surface area (Å²) in [7, 11) is 0. The van der Waals surface area contributed by atoms with Crippen molar-refractivity contribution in [3.63, 3.8) is 0 Å². The Balaban J connectivity index is 0.000000463. The van der Waals surface area contributed by atoms with Gasteiger partial charge in [-0.05, 0) is 5.92 Å². The van der Waals surface area contributed by atoms with Crippen LogP contribution in [0.2, 0.25) is 0 Å². The van der Waals surface area contributed by atoms with E-state index in [1.54, 1.807) is 33.0 Å². The van der Waals surface area contributed by atoms with Crippen molar-refractivity contribution in [2.24, 2.45) is 0 Å². The second-order valence-electron chi connectivity index (χ2n) is 5.96. The van der Waals surface area contributed by atoms with E-state index in [4.69, 9.17) is 0 Å². The fourth-order valence-corrected chi connectivity index (χ4v) is 4.14. The van der Waals surface area contributed by atoms with E-state index in [2.05, 4.69) is 50.3 Å². The Kier molecular flexibility index (Phi) is 12.6. The molecular weight excluding hydrogens is 402 g/mol. The summed E-state index contributed by atoms with van der Waals surface area (Å²) in [6.45, 7) is 4.49. The number of allylic oxidation sites excluding steroid dienone is 4. The van der Waals surface area contributed by atoms with E-state index in [-0.39, 0.29) is 24.8 Å². The van der Waals surface area contributed by atoms with Crippen LogP contribution in [-0.4, -0.2) is 3.21 Å². The first-order valence-corrected chi connectivity index (χ1v) is 9.67. The molecule has 3 heteroatoms. The van der Waals surface area contributed by atoms with Gasteiger partial charge in [0.2, 0.25) is 0 Å². The van der Waals surface area contributed by atoms with Gasteiger partial charge in [0.1, 0.15) is 0 Å². The molecule has 2 aliphatic rings. The quantitative estimate of drug-likeness (QED) is 0.564. The zero-order valence-electron chi connectivity index (χ0n) is 14.2. The molecule has 0 amide bonds. The zero-order chi connectivity index (χ0) is 15.1. The van der Waals surface area contributed by atoms with Gasteiger partial charge in [-0.1, -0.05) is 51.0 Å². The molecule has 0 heterocycles. The second-order valence-corrected chi connectivity index (χ2v) is 7.70. The van der Waals surface area contributed by atoms with Crippen LogP contribution in [0.3, 0.4) is 0 Å². The van der Waals surface area contributed by atoms with Crippen LogP contribution in [0.5, 0.6) is 0 Å². The van der Waals surface area contributed by atoms with E-state index in [0.29, 0.717) is 5.92 Å². The molecule has 1 aromatic carbocycles. The molecule has 0 aliphatic heterocycles. The van der Waals surface area contributed by atoms with Crippen molar-refractivity contribution in [2.45, 2.75) is 64.7 Å². The third-order valence-electron chi connectivity index (χ3n) is 4.50. The summed E-state index contributed by atoms with van der Waals surface area (Å²) in [5.74, 6) is 0.533. The molecule has 0 unspecified atom stereocenters. The summed E-state index contributed by atoms with van der Waals surface area (Å²) in [4.78, 5) is 0. The second kappa shape index (κ2) is 12.5. The Hall–Kier alpha value is 0.163. The normalized spacial score (nSPS) is 16.4. The third kappa shape index (κ3) is 6.89. The Morgan fingerprint density at radius 1 is 1.04 bits per heavy atom. The van der Waals surface area contributed by atoms with Gasteiger partial charge >= 0.3 is 59.5 Å². The summed E-state index contributed by atoms with van der Waals surface area (Å²) >= 11 is 1.69. The van der Waals surface area contributed by atoms with E-state index in [9.17, 15) is 0 Å². The average molecular weight is 430 g/mol. The van der Waals surface area contributed by atoms with Crippen LogP contribution in [0.25, 0.3) is 0 Å².